The van der Waals surface area contributed by atoms with Gasteiger partial charge in [0, 0.05) is 6.42 Å². The molecule has 3 atom stereocenters. The first-order valence-corrected chi connectivity index (χ1v) is 7.62. The van der Waals surface area contributed by atoms with Gasteiger partial charge in [0.2, 0.25) is 5.91 Å². The molecule has 2 saturated carbocycles. The summed E-state index contributed by atoms with van der Waals surface area (Å²) in [6, 6.07) is 1.75. The number of anilines is 2. The number of fused-ring (bicyclic) bond motifs is 2. The number of pyridine rings is 1. The fraction of sp³-hybridized carbons (Fsp3) is 0.571. The van der Waals surface area contributed by atoms with Crippen molar-refractivity contribution in [2.75, 3.05) is 11.1 Å². The van der Waals surface area contributed by atoms with Gasteiger partial charge in [-0.05, 0) is 59.0 Å². The van der Waals surface area contributed by atoms with Crippen LogP contribution in [-0.2, 0) is 4.79 Å². The third kappa shape index (κ3) is 2.76. The number of nitrogens with two attached hydrogens (primary N) is 1. The molecule has 0 spiro atoms. The van der Waals surface area contributed by atoms with Crippen LogP contribution in [-0.4, -0.2) is 10.9 Å². The Labute approximate surface area is 121 Å². The van der Waals surface area contributed by atoms with Gasteiger partial charge in [0.15, 0.2) is 0 Å². The summed E-state index contributed by atoms with van der Waals surface area (Å²) in [7, 11) is 0. The molecule has 5 heteroatoms. The van der Waals surface area contributed by atoms with E-state index in [1.165, 1.54) is 25.7 Å². The predicted octanol–water partition coefficient (Wildman–Crippen LogP) is 3.19. The summed E-state index contributed by atoms with van der Waals surface area (Å²) in [5.74, 6) is 2.85. The summed E-state index contributed by atoms with van der Waals surface area (Å²) in [6.07, 6.45) is 7.42. The molecule has 0 saturated heterocycles. The molecular weight excluding hydrogens is 306 g/mol. The molecule has 1 aromatic rings. The Morgan fingerprint density at radius 3 is 2.95 bits per heavy atom. The maximum atomic E-state index is 12.1. The number of halogens is 1. The molecule has 0 aliphatic heterocycles. The van der Waals surface area contributed by atoms with Crippen LogP contribution in [0.4, 0.5) is 11.5 Å². The smallest absolute Gasteiger partial charge is 0.225 e. The first-order valence-electron chi connectivity index (χ1n) is 6.82. The normalized spacial score (nSPS) is 28.6. The third-order valence-electron chi connectivity index (χ3n) is 4.45. The van der Waals surface area contributed by atoms with Crippen LogP contribution in [0.1, 0.15) is 32.1 Å². The van der Waals surface area contributed by atoms with Crippen molar-refractivity contribution >= 4 is 33.3 Å². The molecule has 0 radical (unpaired) electrons. The summed E-state index contributed by atoms with van der Waals surface area (Å²) in [5.41, 5.74) is 6.21. The van der Waals surface area contributed by atoms with E-state index in [0.29, 0.717) is 23.8 Å². The molecule has 0 aromatic carbocycles. The second-order valence-electron chi connectivity index (χ2n) is 5.79. The highest BCUT2D eigenvalue weighted by Crippen LogP contribution is 2.49. The number of nitrogens with zero attached hydrogens (tertiary/aromatic N) is 1. The van der Waals surface area contributed by atoms with Crippen molar-refractivity contribution in [3.05, 3.63) is 16.7 Å². The Bertz CT molecular complexity index is 505. The van der Waals surface area contributed by atoms with Gasteiger partial charge < -0.3 is 11.1 Å². The molecule has 2 aliphatic carbocycles. The van der Waals surface area contributed by atoms with E-state index < -0.39 is 0 Å². The van der Waals surface area contributed by atoms with Gasteiger partial charge in [-0.3, -0.25) is 4.79 Å². The van der Waals surface area contributed by atoms with Crippen LogP contribution in [0.2, 0.25) is 0 Å². The number of nitrogen functional groups attached to an aromatic ring is 1. The topological polar surface area (TPSA) is 68.0 Å². The Balaban J connectivity index is 1.59. The SMILES string of the molecule is Nc1cnc(NC(=O)CC2CC3CCC2C3)c(Br)c1. The van der Waals surface area contributed by atoms with Crippen LogP contribution >= 0.6 is 15.9 Å². The standard InChI is InChI=1S/C14H18BrN3O/c15-12-6-11(16)7-17-14(12)18-13(19)5-10-4-8-1-2-9(10)3-8/h6-10H,1-5,16H2,(H,17,18,19). The van der Waals surface area contributed by atoms with Gasteiger partial charge in [0.05, 0.1) is 16.4 Å². The number of rotatable bonds is 3. The Kier molecular flexibility index (Phi) is 3.48. The second kappa shape index (κ2) is 5.12. The molecule has 3 N–H and O–H groups in total. The van der Waals surface area contributed by atoms with Gasteiger partial charge in [-0.2, -0.15) is 0 Å². The van der Waals surface area contributed by atoms with Crippen LogP contribution in [0.15, 0.2) is 16.7 Å². The van der Waals surface area contributed by atoms with Crippen molar-refractivity contribution in [1.29, 1.82) is 0 Å². The number of hydrogen-bond acceptors (Lipinski definition) is 3. The van der Waals surface area contributed by atoms with E-state index in [4.69, 9.17) is 5.73 Å². The molecule has 102 valence electrons. The van der Waals surface area contributed by atoms with E-state index in [-0.39, 0.29) is 5.91 Å². The summed E-state index contributed by atoms with van der Waals surface area (Å²) in [6.45, 7) is 0. The van der Waals surface area contributed by atoms with E-state index >= 15 is 0 Å². The summed E-state index contributed by atoms with van der Waals surface area (Å²) >= 11 is 3.36. The van der Waals surface area contributed by atoms with Crippen molar-refractivity contribution in [2.45, 2.75) is 32.1 Å². The van der Waals surface area contributed by atoms with Crippen LogP contribution in [0.5, 0.6) is 0 Å². The lowest BCUT2D eigenvalue weighted by molar-refractivity contribution is -0.117. The van der Waals surface area contributed by atoms with Crippen molar-refractivity contribution in [1.82, 2.24) is 4.98 Å². The van der Waals surface area contributed by atoms with Crippen molar-refractivity contribution in [3.8, 4) is 0 Å². The number of aromatic nitrogens is 1. The average Bonchev–Trinajstić information content (AvgIpc) is 2.95. The van der Waals surface area contributed by atoms with Crippen LogP contribution in [0, 0.1) is 17.8 Å². The summed E-state index contributed by atoms with van der Waals surface area (Å²) < 4.78 is 0.730. The largest absolute Gasteiger partial charge is 0.397 e. The molecule has 4 nitrogen and oxygen atoms in total. The van der Waals surface area contributed by atoms with Gasteiger partial charge in [-0.1, -0.05) is 6.42 Å². The summed E-state index contributed by atoms with van der Waals surface area (Å²) in [4.78, 5) is 16.2. The first-order chi connectivity index (χ1) is 9.11. The Hall–Kier alpha value is -1.10. The molecule has 2 aliphatic rings. The fourth-order valence-corrected chi connectivity index (χ4v) is 4.06. The highest BCUT2D eigenvalue weighted by Gasteiger charge is 2.40. The van der Waals surface area contributed by atoms with Crippen LogP contribution in [0.3, 0.4) is 0 Å². The number of carbonyl (C=O) groups is 1. The third-order valence-corrected chi connectivity index (χ3v) is 5.06. The molecule has 2 bridgehead atoms. The van der Waals surface area contributed by atoms with E-state index in [2.05, 4.69) is 26.2 Å². The highest BCUT2D eigenvalue weighted by atomic mass is 79.9. The van der Waals surface area contributed by atoms with E-state index in [9.17, 15) is 4.79 Å². The minimum Gasteiger partial charge on any atom is -0.397 e. The quantitative estimate of drug-likeness (QED) is 0.897. The maximum absolute atomic E-state index is 12.1. The van der Waals surface area contributed by atoms with Gasteiger partial charge in [0.1, 0.15) is 5.82 Å². The lowest BCUT2D eigenvalue weighted by Gasteiger charge is -2.20. The van der Waals surface area contributed by atoms with Gasteiger partial charge >= 0.3 is 0 Å². The Morgan fingerprint density at radius 2 is 2.32 bits per heavy atom. The highest BCUT2D eigenvalue weighted by molar-refractivity contribution is 9.10. The zero-order valence-corrected chi connectivity index (χ0v) is 12.3. The van der Waals surface area contributed by atoms with Crippen LogP contribution in [0.25, 0.3) is 0 Å². The Morgan fingerprint density at radius 1 is 1.47 bits per heavy atom. The molecule has 1 heterocycles. The fourth-order valence-electron chi connectivity index (χ4n) is 3.59. The molecular formula is C14H18BrN3O. The molecule has 2 fully saturated rings. The first kappa shape index (κ1) is 12.9. The second-order valence-corrected chi connectivity index (χ2v) is 6.64. The molecule has 1 amide bonds. The summed E-state index contributed by atoms with van der Waals surface area (Å²) in [5, 5.41) is 2.87. The van der Waals surface area contributed by atoms with Crippen molar-refractivity contribution in [3.63, 3.8) is 0 Å². The number of hydrogen-bond donors (Lipinski definition) is 2. The number of carbonyl (C=O) groups excluding carboxylic acids is 1. The van der Waals surface area contributed by atoms with Crippen molar-refractivity contribution < 1.29 is 4.79 Å². The zero-order chi connectivity index (χ0) is 13.4. The number of nitrogens with one attached hydrogen (secondary N) is 1. The average molecular weight is 324 g/mol. The van der Waals surface area contributed by atoms with Gasteiger partial charge in [-0.15, -0.1) is 0 Å². The molecule has 1 aromatic heterocycles. The molecule has 3 unspecified atom stereocenters. The zero-order valence-electron chi connectivity index (χ0n) is 10.7. The maximum Gasteiger partial charge on any atom is 0.225 e. The number of amides is 1. The van der Waals surface area contributed by atoms with Gasteiger partial charge in [-0.25, -0.2) is 4.98 Å². The van der Waals surface area contributed by atoms with E-state index in [0.717, 1.165) is 16.3 Å². The van der Waals surface area contributed by atoms with Crippen molar-refractivity contribution in [2.24, 2.45) is 17.8 Å². The minimum atomic E-state index is 0.0653. The predicted molar refractivity (Wildman–Crippen MR) is 78.5 cm³/mol. The minimum absolute atomic E-state index is 0.0653. The monoisotopic (exact) mass is 323 g/mol. The van der Waals surface area contributed by atoms with E-state index in [1.807, 2.05) is 0 Å². The lowest BCUT2D eigenvalue weighted by atomic mass is 9.86. The van der Waals surface area contributed by atoms with Crippen LogP contribution < -0.4 is 11.1 Å². The van der Waals surface area contributed by atoms with E-state index in [1.54, 1.807) is 12.3 Å². The lowest BCUT2D eigenvalue weighted by Crippen LogP contribution is -2.21. The molecule has 3 rings (SSSR count). The molecule has 19 heavy (non-hydrogen) atoms. The van der Waals surface area contributed by atoms with Gasteiger partial charge in [0.25, 0.3) is 0 Å².